The van der Waals surface area contributed by atoms with E-state index in [9.17, 15) is 18.0 Å². The van der Waals surface area contributed by atoms with Crippen molar-refractivity contribution in [3.05, 3.63) is 35.4 Å². The summed E-state index contributed by atoms with van der Waals surface area (Å²) >= 11 is 0. The zero-order chi connectivity index (χ0) is 17.0. The summed E-state index contributed by atoms with van der Waals surface area (Å²) in [6.45, 7) is 1.86. The fourth-order valence-corrected chi connectivity index (χ4v) is 3.06. The molecule has 23 heavy (non-hydrogen) atoms. The van der Waals surface area contributed by atoms with Gasteiger partial charge in [-0.1, -0.05) is 18.6 Å². The first-order valence-electron chi connectivity index (χ1n) is 7.98. The number of alkyl halides is 3. The van der Waals surface area contributed by atoms with Crippen LogP contribution in [0, 0.1) is 5.92 Å². The molecule has 128 valence electrons. The molecule has 1 saturated carbocycles. The van der Waals surface area contributed by atoms with Gasteiger partial charge in [0.05, 0.1) is 5.56 Å². The molecule has 3 N–H and O–H groups in total. The van der Waals surface area contributed by atoms with Gasteiger partial charge in [0.1, 0.15) is 0 Å². The lowest BCUT2D eigenvalue weighted by atomic mass is 9.85. The van der Waals surface area contributed by atoms with Crippen molar-refractivity contribution < 1.29 is 18.0 Å². The third-order valence-electron chi connectivity index (χ3n) is 4.30. The van der Waals surface area contributed by atoms with Gasteiger partial charge in [-0.3, -0.25) is 4.79 Å². The summed E-state index contributed by atoms with van der Waals surface area (Å²) in [5.74, 6) is -0.0478. The highest BCUT2D eigenvalue weighted by Crippen LogP contribution is 2.29. The van der Waals surface area contributed by atoms with Crippen molar-refractivity contribution in [2.75, 3.05) is 0 Å². The van der Waals surface area contributed by atoms with Crippen molar-refractivity contribution in [1.82, 2.24) is 5.32 Å². The quantitative estimate of drug-likeness (QED) is 0.891. The number of halogens is 3. The molecule has 0 radical (unpaired) electrons. The van der Waals surface area contributed by atoms with E-state index in [1.54, 1.807) is 0 Å². The van der Waals surface area contributed by atoms with Gasteiger partial charge in [0.2, 0.25) is 5.91 Å². The van der Waals surface area contributed by atoms with Crippen LogP contribution in [-0.4, -0.2) is 18.0 Å². The molecule has 3 atom stereocenters. The first-order chi connectivity index (χ1) is 10.8. The topological polar surface area (TPSA) is 55.1 Å². The monoisotopic (exact) mass is 328 g/mol. The maximum atomic E-state index is 12.5. The zero-order valence-corrected chi connectivity index (χ0v) is 13.2. The van der Waals surface area contributed by atoms with Crippen LogP contribution in [0.15, 0.2) is 24.3 Å². The molecule has 1 amide bonds. The Hall–Kier alpha value is -1.56. The molecule has 1 fully saturated rings. The van der Waals surface area contributed by atoms with Gasteiger partial charge in [-0.25, -0.2) is 0 Å². The number of carbonyl (C=O) groups excluding carboxylic acids is 1. The lowest BCUT2D eigenvalue weighted by molar-refractivity contribution is -0.137. The van der Waals surface area contributed by atoms with Gasteiger partial charge in [-0.05, 0) is 50.3 Å². The van der Waals surface area contributed by atoms with E-state index >= 15 is 0 Å². The summed E-state index contributed by atoms with van der Waals surface area (Å²) in [6, 6.07) is 5.03. The van der Waals surface area contributed by atoms with Crippen LogP contribution < -0.4 is 11.1 Å². The highest BCUT2D eigenvalue weighted by atomic mass is 19.4. The molecule has 0 aliphatic heterocycles. The van der Waals surface area contributed by atoms with E-state index in [1.165, 1.54) is 12.1 Å². The minimum Gasteiger partial charge on any atom is -0.353 e. The molecular weight excluding hydrogens is 305 g/mol. The van der Waals surface area contributed by atoms with E-state index in [2.05, 4.69) is 5.32 Å². The second kappa shape index (κ2) is 7.34. The Bertz CT molecular complexity index is 528. The lowest BCUT2D eigenvalue weighted by Gasteiger charge is -2.27. The van der Waals surface area contributed by atoms with E-state index in [-0.39, 0.29) is 23.9 Å². The van der Waals surface area contributed by atoms with Crippen molar-refractivity contribution in [1.29, 1.82) is 0 Å². The number of amides is 1. The largest absolute Gasteiger partial charge is 0.416 e. The number of hydrogen-bond acceptors (Lipinski definition) is 2. The molecule has 3 nitrogen and oxygen atoms in total. The Kier molecular flexibility index (Phi) is 5.68. The minimum absolute atomic E-state index is 0.000406. The fraction of sp³-hybridized carbons (Fsp3) is 0.588. The third kappa shape index (κ3) is 5.23. The molecule has 6 heteroatoms. The second-order valence-electron chi connectivity index (χ2n) is 6.43. The predicted octanol–water partition coefficient (Wildman–Crippen LogP) is 3.27. The van der Waals surface area contributed by atoms with Crippen molar-refractivity contribution in [3.63, 3.8) is 0 Å². The number of benzene rings is 1. The van der Waals surface area contributed by atoms with E-state index in [1.807, 2.05) is 6.92 Å². The van der Waals surface area contributed by atoms with Crippen LogP contribution >= 0.6 is 0 Å². The van der Waals surface area contributed by atoms with Crippen molar-refractivity contribution >= 4 is 5.91 Å². The van der Waals surface area contributed by atoms with E-state index in [4.69, 9.17) is 5.73 Å². The van der Waals surface area contributed by atoms with Crippen LogP contribution in [0.1, 0.15) is 43.7 Å². The molecule has 1 aliphatic carbocycles. The molecule has 3 unspecified atom stereocenters. The molecule has 0 bridgehead atoms. The molecule has 0 spiro atoms. The fourth-order valence-electron chi connectivity index (χ4n) is 3.06. The first kappa shape index (κ1) is 17.8. The highest BCUT2D eigenvalue weighted by molar-refractivity contribution is 5.79. The maximum Gasteiger partial charge on any atom is 0.416 e. The van der Waals surface area contributed by atoms with Gasteiger partial charge in [0.15, 0.2) is 0 Å². The Morgan fingerprint density at radius 3 is 2.52 bits per heavy atom. The van der Waals surface area contributed by atoms with Gasteiger partial charge in [-0.2, -0.15) is 13.2 Å². The summed E-state index contributed by atoms with van der Waals surface area (Å²) < 4.78 is 37.6. The molecule has 0 heterocycles. The van der Waals surface area contributed by atoms with Gasteiger partial charge < -0.3 is 11.1 Å². The lowest BCUT2D eigenvalue weighted by Crippen LogP contribution is -2.42. The van der Waals surface area contributed by atoms with Crippen LogP contribution in [0.3, 0.4) is 0 Å². The number of nitrogens with one attached hydrogen (secondary N) is 1. The first-order valence-corrected chi connectivity index (χ1v) is 7.98. The van der Waals surface area contributed by atoms with Gasteiger partial charge in [0, 0.05) is 18.0 Å². The number of hydrogen-bond donors (Lipinski definition) is 2. The van der Waals surface area contributed by atoms with Crippen molar-refractivity contribution in [2.45, 2.75) is 57.3 Å². The van der Waals surface area contributed by atoms with Crippen LogP contribution in [0.2, 0.25) is 0 Å². The highest BCUT2D eigenvalue weighted by Gasteiger charge is 2.30. The Labute approximate surface area is 134 Å². The predicted molar refractivity (Wildman–Crippen MR) is 82.7 cm³/mol. The molecule has 0 saturated heterocycles. The molecule has 1 aromatic rings. The van der Waals surface area contributed by atoms with Crippen molar-refractivity contribution in [3.8, 4) is 0 Å². The van der Waals surface area contributed by atoms with E-state index in [0.717, 1.165) is 37.0 Å². The van der Waals surface area contributed by atoms with Gasteiger partial charge in [0.25, 0.3) is 0 Å². The van der Waals surface area contributed by atoms with E-state index < -0.39 is 11.7 Å². The van der Waals surface area contributed by atoms with Crippen LogP contribution in [-0.2, 0) is 17.4 Å². The number of carbonyl (C=O) groups is 1. The average molecular weight is 328 g/mol. The molecule has 2 rings (SSSR count). The minimum atomic E-state index is -4.32. The third-order valence-corrected chi connectivity index (χ3v) is 4.30. The maximum absolute atomic E-state index is 12.5. The van der Waals surface area contributed by atoms with Crippen LogP contribution in [0.5, 0.6) is 0 Å². The summed E-state index contributed by atoms with van der Waals surface area (Å²) in [7, 11) is 0. The smallest absolute Gasteiger partial charge is 0.353 e. The standard InChI is InChI=1S/C17H23F3N2O/c1-11(22-16(23)13-3-2-4-15(21)10-13)9-12-5-7-14(8-6-12)17(18,19)20/h5-8,11,13,15H,2-4,9-10,21H2,1H3,(H,22,23). The Morgan fingerprint density at radius 2 is 1.96 bits per heavy atom. The summed E-state index contributed by atoms with van der Waals surface area (Å²) in [5, 5.41) is 2.95. The molecule has 1 aromatic carbocycles. The normalized spacial score (nSPS) is 23.3. The Balaban J connectivity index is 1.86. The molecule has 1 aliphatic rings. The zero-order valence-electron chi connectivity index (χ0n) is 13.2. The molecular formula is C17H23F3N2O. The van der Waals surface area contributed by atoms with Gasteiger partial charge in [-0.15, -0.1) is 0 Å². The number of nitrogens with two attached hydrogens (primary N) is 1. The average Bonchev–Trinajstić information content (AvgIpc) is 2.46. The van der Waals surface area contributed by atoms with Crippen LogP contribution in [0.4, 0.5) is 13.2 Å². The SMILES string of the molecule is CC(Cc1ccc(C(F)(F)F)cc1)NC(=O)C1CCCC(N)C1. The summed E-state index contributed by atoms with van der Waals surface area (Å²) in [4.78, 5) is 12.2. The van der Waals surface area contributed by atoms with Crippen LogP contribution in [0.25, 0.3) is 0 Å². The van der Waals surface area contributed by atoms with Gasteiger partial charge >= 0.3 is 6.18 Å². The Morgan fingerprint density at radius 1 is 1.30 bits per heavy atom. The van der Waals surface area contributed by atoms with Crippen molar-refractivity contribution in [2.24, 2.45) is 11.7 Å². The number of rotatable bonds is 4. The van der Waals surface area contributed by atoms with E-state index in [0.29, 0.717) is 12.8 Å². The molecule has 0 aromatic heterocycles. The summed E-state index contributed by atoms with van der Waals surface area (Å²) in [5.41, 5.74) is 6.01. The summed E-state index contributed by atoms with van der Waals surface area (Å²) in [6.07, 6.45) is -0.330. The second-order valence-corrected chi connectivity index (χ2v) is 6.43.